The summed E-state index contributed by atoms with van der Waals surface area (Å²) < 4.78 is 24.6. The van der Waals surface area contributed by atoms with Gasteiger partial charge in [-0.25, -0.2) is 8.42 Å². The third kappa shape index (κ3) is 3.62. The van der Waals surface area contributed by atoms with Gasteiger partial charge in [0.1, 0.15) is 0 Å². The van der Waals surface area contributed by atoms with E-state index in [1.165, 1.54) is 38.5 Å². The summed E-state index contributed by atoms with van der Waals surface area (Å²) in [5.74, 6) is 2.34. The van der Waals surface area contributed by atoms with Crippen LogP contribution >= 0.6 is 0 Å². The molecule has 0 saturated heterocycles. The fourth-order valence-electron chi connectivity index (χ4n) is 5.85. The Morgan fingerprint density at radius 1 is 1.00 bits per heavy atom. The van der Waals surface area contributed by atoms with E-state index in [2.05, 4.69) is 5.32 Å². The zero-order valence-corrected chi connectivity index (χ0v) is 15.4. The molecule has 4 bridgehead atoms. The molecule has 0 unspecified atom stereocenters. The van der Waals surface area contributed by atoms with Gasteiger partial charge < -0.3 is 5.32 Å². The first-order valence-corrected chi connectivity index (χ1v) is 11.1. The van der Waals surface area contributed by atoms with Crippen LogP contribution in [0.2, 0.25) is 0 Å². The topological polar surface area (TPSA) is 63.2 Å². The summed E-state index contributed by atoms with van der Waals surface area (Å²) in [6.07, 6.45) is 7.97. The molecule has 1 aromatic rings. The summed E-state index contributed by atoms with van der Waals surface area (Å²) in [7, 11) is -3.38. The number of carbonyl (C=O) groups is 1. The molecule has 0 aliphatic heterocycles. The van der Waals surface area contributed by atoms with Gasteiger partial charge in [-0.05, 0) is 73.8 Å². The zero-order chi connectivity index (χ0) is 17.5. The van der Waals surface area contributed by atoms with Gasteiger partial charge in [-0.2, -0.15) is 0 Å². The van der Waals surface area contributed by atoms with Crippen molar-refractivity contribution in [2.24, 2.45) is 23.2 Å². The predicted molar refractivity (Wildman–Crippen MR) is 96.7 cm³/mol. The van der Waals surface area contributed by atoms with Crippen molar-refractivity contribution in [3.63, 3.8) is 0 Å². The van der Waals surface area contributed by atoms with E-state index < -0.39 is 9.84 Å². The third-order valence-corrected chi connectivity index (χ3v) is 8.26. The quantitative estimate of drug-likeness (QED) is 0.846. The first-order chi connectivity index (χ1) is 11.9. The standard InChI is InChI=1S/C20H27NO3S/c22-19(6-7-25(23,24)18-4-2-1-3-5-18)21-14-20-11-15-8-16(12-20)10-17(9-15)13-20/h1-5,15-17H,6-14H2,(H,21,22). The Balaban J connectivity index is 1.30. The van der Waals surface area contributed by atoms with Crippen LogP contribution in [-0.4, -0.2) is 26.6 Å². The van der Waals surface area contributed by atoms with E-state index in [1.54, 1.807) is 30.3 Å². The lowest BCUT2D eigenvalue weighted by molar-refractivity contribution is -0.122. The molecule has 25 heavy (non-hydrogen) atoms. The van der Waals surface area contributed by atoms with Crippen molar-refractivity contribution in [2.45, 2.75) is 49.8 Å². The van der Waals surface area contributed by atoms with Gasteiger partial charge in [-0.15, -0.1) is 0 Å². The molecule has 0 radical (unpaired) electrons. The Bertz CT molecular complexity index is 706. The summed E-state index contributed by atoms with van der Waals surface area (Å²) in [4.78, 5) is 12.5. The number of sulfone groups is 1. The van der Waals surface area contributed by atoms with Crippen molar-refractivity contribution in [1.29, 1.82) is 0 Å². The molecule has 0 heterocycles. The Morgan fingerprint density at radius 3 is 2.12 bits per heavy atom. The van der Waals surface area contributed by atoms with Crippen LogP contribution < -0.4 is 5.32 Å². The Morgan fingerprint density at radius 2 is 1.56 bits per heavy atom. The molecule has 0 atom stereocenters. The minimum Gasteiger partial charge on any atom is -0.356 e. The number of nitrogens with one attached hydrogen (secondary N) is 1. The zero-order valence-electron chi connectivity index (χ0n) is 14.6. The van der Waals surface area contributed by atoms with Crippen molar-refractivity contribution in [1.82, 2.24) is 5.32 Å². The highest BCUT2D eigenvalue weighted by atomic mass is 32.2. The number of hydrogen-bond acceptors (Lipinski definition) is 3. The molecular formula is C20H27NO3S. The number of benzene rings is 1. The lowest BCUT2D eigenvalue weighted by Gasteiger charge is -2.56. The second kappa shape index (κ2) is 6.42. The van der Waals surface area contributed by atoms with Crippen molar-refractivity contribution in [2.75, 3.05) is 12.3 Å². The average Bonchev–Trinajstić information content (AvgIpc) is 2.58. The number of hydrogen-bond donors (Lipinski definition) is 1. The van der Waals surface area contributed by atoms with Crippen molar-refractivity contribution >= 4 is 15.7 Å². The van der Waals surface area contributed by atoms with Crippen LogP contribution in [0.5, 0.6) is 0 Å². The monoisotopic (exact) mass is 361 g/mol. The second-order valence-corrected chi connectivity index (χ2v) is 10.7. The van der Waals surface area contributed by atoms with Gasteiger partial charge in [0.25, 0.3) is 0 Å². The number of rotatable bonds is 6. The largest absolute Gasteiger partial charge is 0.356 e. The van der Waals surface area contributed by atoms with E-state index in [9.17, 15) is 13.2 Å². The fraction of sp³-hybridized carbons (Fsp3) is 0.650. The van der Waals surface area contributed by atoms with Crippen molar-refractivity contribution in [3.8, 4) is 0 Å². The maximum absolute atomic E-state index is 12.3. The summed E-state index contributed by atoms with van der Waals surface area (Å²) in [6.45, 7) is 0.737. The predicted octanol–water partition coefficient (Wildman–Crippen LogP) is 3.18. The van der Waals surface area contributed by atoms with Crippen LogP contribution in [0.3, 0.4) is 0 Å². The Kier molecular flexibility index (Phi) is 4.38. The van der Waals surface area contributed by atoms with E-state index in [0.29, 0.717) is 10.3 Å². The Labute approximate surface area is 150 Å². The van der Waals surface area contributed by atoms with Crippen LogP contribution in [0.4, 0.5) is 0 Å². The molecule has 4 nitrogen and oxygen atoms in total. The maximum Gasteiger partial charge on any atom is 0.221 e. The summed E-state index contributed by atoms with van der Waals surface area (Å²) >= 11 is 0. The molecule has 4 saturated carbocycles. The van der Waals surface area contributed by atoms with Crippen molar-refractivity contribution in [3.05, 3.63) is 30.3 Å². The number of amides is 1. The molecule has 136 valence electrons. The average molecular weight is 362 g/mol. The molecule has 4 fully saturated rings. The molecule has 5 rings (SSSR count). The minimum absolute atomic E-state index is 0.0452. The highest BCUT2D eigenvalue weighted by molar-refractivity contribution is 7.91. The smallest absolute Gasteiger partial charge is 0.221 e. The SMILES string of the molecule is O=C(CCS(=O)(=O)c1ccccc1)NCC12CC3CC(CC(C3)C1)C2. The lowest BCUT2D eigenvalue weighted by Crippen LogP contribution is -2.51. The summed E-state index contributed by atoms with van der Waals surface area (Å²) in [5, 5.41) is 3.06. The van der Waals surface area contributed by atoms with E-state index in [4.69, 9.17) is 0 Å². The number of carbonyl (C=O) groups excluding carboxylic acids is 1. The molecule has 4 aliphatic rings. The second-order valence-electron chi connectivity index (χ2n) is 8.58. The van der Waals surface area contributed by atoms with Gasteiger partial charge in [0.05, 0.1) is 10.6 Å². The maximum atomic E-state index is 12.3. The minimum atomic E-state index is -3.38. The van der Waals surface area contributed by atoms with E-state index >= 15 is 0 Å². The van der Waals surface area contributed by atoms with Gasteiger partial charge in [-0.3, -0.25) is 4.79 Å². The highest BCUT2D eigenvalue weighted by Gasteiger charge is 2.50. The molecule has 5 heteroatoms. The lowest BCUT2D eigenvalue weighted by atomic mass is 9.49. The molecule has 1 aromatic carbocycles. The molecule has 0 spiro atoms. The van der Waals surface area contributed by atoms with Crippen LogP contribution in [0.15, 0.2) is 35.2 Å². The normalized spacial score (nSPS) is 33.4. The summed E-state index contributed by atoms with van der Waals surface area (Å²) in [6, 6.07) is 8.38. The molecular weight excluding hydrogens is 334 g/mol. The van der Waals surface area contributed by atoms with Crippen LogP contribution in [-0.2, 0) is 14.6 Å². The third-order valence-electron chi connectivity index (χ3n) is 6.53. The molecule has 1 amide bonds. The van der Waals surface area contributed by atoms with E-state index in [0.717, 1.165) is 24.3 Å². The molecule has 1 N–H and O–H groups in total. The fourth-order valence-corrected chi connectivity index (χ4v) is 7.12. The highest BCUT2D eigenvalue weighted by Crippen LogP contribution is 2.59. The van der Waals surface area contributed by atoms with E-state index in [1.807, 2.05) is 0 Å². The van der Waals surface area contributed by atoms with Gasteiger partial charge in [-0.1, -0.05) is 18.2 Å². The van der Waals surface area contributed by atoms with Gasteiger partial charge >= 0.3 is 0 Å². The molecule has 4 aliphatic carbocycles. The van der Waals surface area contributed by atoms with Gasteiger partial charge in [0.2, 0.25) is 5.91 Å². The van der Waals surface area contributed by atoms with Crippen LogP contribution in [0, 0.1) is 23.2 Å². The Hall–Kier alpha value is -1.36. The first kappa shape index (κ1) is 17.1. The first-order valence-electron chi connectivity index (χ1n) is 9.49. The van der Waals surface area contributed by atoms with Crippen LogP contribution in [0.25, 0.3) is 0 Å². The van der Waals surface area contributed by atoms with Crippen LogP contribution in [0.1, 0.15) is 44.9 Å². The van der Waals surface area contributed by atoms with E-state index in [-0.39, 0.29) is 18.1 Å². The van der Waals surface area contributed by atoms with Crippen molar-refractivity contribution < 1.29 is 13.2 Å². The molecule has 0 aromatic heterocycles. The van der Waals surface area contributed by atoms with Gasteiger partial charge in [0.15, 0.2) is 9.84 Å². The van der Waals surface area contributed by atoms with Gasteiger partial charge in [0, 0.05) is 13.0 Å². The summed E-state index contributed by atoms with van der Waals surface area (Å²) in [5.41, 5.74) is 0.294.